The lowest BCUT2D eigenvalue weighted by Crippen LogP contribution is -2.48. The molecule has 2 amide bonds. The molecule has 3 heterocycles. The largest absolute Gasteiger partial charge is 0.392 e. The zero-order valence-corrected chi connectivity index (χ0v) is 15.8. The number of fused-ring (bicyclic) bond motifs is 2. The fraction of sp³-hybridized carbons (Fsp3) is 0.350. The Morgan fingerprint density at radius 2 is 2.00 bits per heavy atom. The monoisotopic (exact) mass is 381 g/mol. The number of likely N-dealkylation sites (N-methyl/N-ethyl adjacent to an activating group) is 1. The van der Waals surface area contributed by atoms with Crippen LogP contribution in [0.25, 0.3) is 0 Å². The maximum atomic E-state index is 13.4. The number of carbonyl (C=O) groups is 2. The van der Waals surface area contributed by atoms with Gasteiger partial charge in [0, 0.05) is 32.4 Å². The predicted molar refractivity (Wildman–Crippen MR) is 106 cm³/mol. The summed E-state index contributed by atoms with van der Waals surface area (Å²) in [5, 5.41) is 12.4. The highest BCUT2D eigenvalue weighted by atomic mass is 16.3. The van der Waals surface area contributed by atoms with Crippen LogP contribution in [0.15, 0.2) is 36.5 Å². The summed E-state index contributed by atoms with van der Waals surface area (Å²) in [5.74, 6) is -0.0650. The molecule has 0 unspecified atom stereocenters. The number of aromatic nitrogens is 1. The standard InChI is InChI=1S/C20H23N5O3/c1-23-7-9-24(10-8-23)12-18(27)25-17-11-14(13-26)4-5-15(17)20(28)22-16-3-2-6-21-19(16)25/h2-6,11,26H,7-10,12-13H2,1H3,(H,22,28). The van der Waals surface area contributed by atoms with Gasteiger partial charge in [-0.05, 0) is 36.9 Å². The molecule has 0 bridgehead atoms. The number of aliphatic hydroxyl groups is 1. The maximum Gasteiger partial charge on any atom is 0.257 e. The van der Waals surface area contributed by atoms with Crippen molar-refractivity contribution in [3.8, 4) is 0 Å². The molecule has 0 radical (unpaired) electrons. The van der Waals surface area contributed by atoms with E-state index >= 15 is 0 Å². The van der Waals surface area contributed by atoms with Crippen LogP contribution in [0.3, 0.4) is 0 Å². The van der Waals surface area contributed by atoms with Crippen molar-refractivity contribution in [3.05, 3.63) is 47.7 Å². The van der Waals surface area contributed by atoms with Crippen molar-refractivity contribution in [2.75, 3.05) is 50.0 Å². The summed E-state index contributed by atoms with van der Waals surface area (Å²) >= 11 is 0. The minimum Gasteiger partial charge on any atom is -0.392 e. The summed E-state index contributed by atoms with van der Waals surface area (Å²) in [5.41, 5.74) is 1.94. The van der Waals surface area contributed by atoms with Crippen molar-refractivity contribution in [2.24, 2.45) is 0 Å². The van der Waals surface area contributed by atoms with Crippen molar-refractivity contribution in [1.29, 1.82) is 0 Å². The molecule has 8 heteroatoms. The second-order valence-electron chi connectivity index (χ2n) is 7.15. The van der Waals surface area contributed by atoms with Crippen LogP contribution in [0.5, 0.6) is 0 Å². The van der Waals surface area contributed by atoms with Crippen LogP contribution in [0, 0.1) is 0 Å². The highest BCUT2D eigenvalue weighted by Crippen LogP contribution is 2.37. The molecule has 0 saturated carbocycles. The molecule has 2 N–H and O–H groups in total. The Hall–Kier alpha value is -2.81. The molecule has 2 aliphatic heterocycles. The minimum atomic E-state index is -0.302. The van der Waals surface area contributed by atoms with Gasteiger partial charge in [-0.3, -0.25) is 19.4 Å². The number of carbonyl (C=O) groups excluding carboxylic acids is 2. The number of hydrogen-bond donors (Lipinski definition) is 2. The molecule has 0 spiro atoms. The Bertz CT molecular complexity index is 908. The van der Waals surface area contributed by atoms with Gasteiger partial charge in [0.25, 0.3) is 5.91 Å². The molecular weight excluding hydrogens is 358 g/mol. The van der Waals surface area contributed by atoms with Crippen LogP contribution in [-0.4, -0.2) is 71.5 Å². The number of pyridine rings is 1. The Morgan fingerprint density at radius 1 is 1.21 bits per heavy atom. The van der Waals surface area contributed by atoms with E-state index < -0.39 is 0 Å². The number of hydrogen-bond acceptors (Lipinski definition) is 6. The molecule has 4 rings (SSSR count). The summed E-state index contributed by atoms with van der Waals surface area (Å²) in [6.07, 6.45) is 1.60. The number of nitrogens with one attached hydrogen (secondary N) is 1. The second kappa shape index (κ2) is 7.67. The number of benzene rings is 1. The van der Waals surface area contributed by atoms with E-state index in [-0.39, 0.29) is 25.0 Å². The second-order valence-corrected chi connectivity index (χ2v) is 7.15. The summed E-state index contributed by atoms with van der Waals surface area (Å²) in [4.78, 5) is 36.3. The summed E-state index contributed by atoms with van der Waals surface area (Å²) < 4.78 is 0. The first-order valence-electron chi connectivity index (χ1n) is 9.31. The number of nitrogens with zero attached hydrogens (tertiary/aromatic N) is 4. The van der Waals surface area contributed by atoms with Gasteiger partial charge in [0.05, 0.1) is 30.1 Å². The van der Waals surface area contributed by atoms with E-state index in [2.05, 4.69) is 27.1 Å². The van der Waals surface area contributed by atoms with Crippen molar-refractivity contribution in [1.82, 2.24) is 14.8 Å². The van der Waals surface area contributed by atoms with Gasteiger partial charge >= 0.3 is 0 Å². The molecular formula is C20H23N5O3. The van der Waals surface area contributed by atoms with Crippen LogP contribution in [0.4, 0.5) is 17.2 Å². The molecule has 1 aromatic carbocycles. The first kappa shape index (κ1) is 18.5. The lowest BCUT2D eigenvalue weighted by Gasteiger charge is -2.33. The van der Waals surface area contributed by atoms with Gasteiger partial charge in [-0.2, -0.15) is 0 Å². The van der Waals surface area contributed by atoms with Gasteiger partial charge in [-0.25, -0.2) is 4.98 Å². The van der Waals surface area contributed by atoms with Gasteiger partial charge in [-0.15, -0.1) is 0 Å². The van der Waals surface area contributed by atoms with Crippen LogP contribution in [-0.2, 0) is 11.4 Å². The molecule has 28 heavy (non-hydrogen) atoms. The van der Waals surface area contributed by atoms with Gasteiger partial charge in [-0.1, -0.05) is 6.07 Å². The number of piperazine rings is 1. The Morgan fingerprint density at radius 3 is 2.75 bits per heavy atom. The number of aliphatic hydroxyl groups excluding tert-OH is 1. The highest BCUT2D eigenvalue weighted by molar-refractivity contribution is 6.17. The number of rotatable bonds is 3. The third-order valence-electron chi connectivity index (χ3n) is 5.18. The molecule has 0 atom stereocenters. The van der Waals surface area contributed by atoms with Crippen molar-refractivity contribution >= 4 is 29.0 Å². The van der Waals surface area contributed by atoms with E-state index in [1.165, 1.54) is 4.90 Å². The van der Waals surface area contributed by atoms with Crippen LogP contribution >= 0.6 is 0 Å². The lowest BCUT2D eigenvalue weighted by atomic mass is 10.1. The van der Waals surface area contributed by atoms with E-state index in [0.717, 1.165) is 26.2 Å². The molecule has 1 saturated heterocycles. The smallest absolute Gasteiger partial charge is 0.257 e. The average Bonchev–Trinajstić information content (AvgIpc) is 2.83. The van der Waals surface area contributed by atoms with Crippen molar-refractivity contribution < 1.29 is 14.7 Å². The van der Waals surface area contributed by atoms with Crippen LogP contribution in [0.1, 0.15) is 15.9 Å². The normalized spacial score (nSPS) is 17.5. The number of anilines is 3. The highest BCUT2D eigenvalue weighted by Gasteiger charge is 2.31. The van der Waals surface area contributed by atoms with E-state index in [9.17, 15) is 14.7 Å². The molecule has 2 aromatic rings. The summed E-state index contributed by atoms with van der Waals surface area (Å²) in [6.45, 7) is 3.50. The van der Waals surface area contributed by atoms with Gasteiger partial charge < -0.3 is 15.3 Å². The maximum absolute atomic E-state index is 13.4. The zero-order valence-electron chi connectivity index (χ0n) is 15.8. The summed E-state index contributed by atoms with van der Waals surface area (Å²) in [7, 11) is 2.07. The third kappa shape index (κ3) is 3.49. The van der Waals surface area contributed by atoms with Gasteiger partial charge in [0.1, 0.15) is 0 Å². The van der Waals surface area contributed by atoms with E-state index in [1.54, 1.807) is 36.5 Å². The average molecular weight is 381 g/mol. The van der Waals surface area contributed by atoms with Gasteiger partial charge in [0.2, 0.25) is 5.91 Å². The quantitative estimate of drug-likeness (QED) is 0.826. The van der Waals surface area contributed by atoms with Crippen molar-refractivity contribution in [2.45, 2.75) is 6.61 Å². The Kier molecular flexibility index (Phi) is 5.08. The fourth-order valence-corrected chi connectivity index (χ4v) is 3.55. The topological polar surface area (TPSA) is 89.0 Å². The first-order valence-corrected chi connectivity index (χ1v) is 9.31. The molecule has 1 aromatic heterocycles. The van der Waals surface area contributed by atoms with E-state index in [1.807, 2.05) is 0 Å². The Balaban J connectivity index is 1.75. The number of amides is 2. The van der Waals surface area contributed by atoms with Crippen molar-refractivity contribution in [3.63, 3.8) is 0 Å². The third-order valence-corrected chi connectivity index (χ3v) is 5.18. The molecule has 146 valence electrons. The van der Waals surface area contributed by atoms with E-state index in [0.29, 0.717) is 28.3 Å². The molecule has 2 aliphatic rings. The Labute approximate surface area is 163 Å². The minimum absolute atomic E-state index is 0.155. The van der Waals surface area contributed by atoms with Crippen LogP contribution < -0.4 is 10.2 Å². The van der Waals surface area contributed by atoms with Gasteiger partial charge in [0.15, 0.2) is 5.82 Å². The molecule has 8 nitrogen and oxygen atoms in total. The van der Waals surface area contributed by atoms with E-state index in [4.69, 9.17) is 0 Å². The lowest BCUT2D eigenvalue weighted by molar-refractivity contribution is -0.119. The molecule has 0 aliphatic carbocycles. The van der Waals surface area contributed by atoms with Crippen LogP contribution in [0.2, 0.25) is 0 Å². The first-order chi connectivity index (χ1) is 13.6. The SMILES string of the molecule is CN1CCN(CC(=O)N2c3cc(CO)ccc3C(=O)Nc3cccnc32)CC1. The fourth-order valence-electron chi connectivity index (χ4n) is 3.55. The summed E-state index contributed by atoms with van der Waals surface area (Å²) in [6, 6.07) is 8.45. The predicted octanol–water partition coefficient (Wildman–Crippen LogP) is 1.05. The molecule has 1 fully saturated rings. The zero-order chi connectivity index (χ0) is 19.7.